The SMILES string of the molecule is NNc1nc(CCc2ccccc2)nc2sccc12. The predicted molar refractivity (Wildman–Crippen MR) is 79.1 cm³/mol. The van der Waals surface area contributed by atoms with E-state index in [0.29, 0.717) is 5.82 Å². The minimum absolute atomic E-state index is 0.703. The number of hydrogen-bond donors (Lipinski definition) is 2. The number of hydrogen-bond acceptors (Lipinski definition) is 5. The van der Waals surface area contributed by atoms with Crippen LogP contribution < -0.4 is 11.3 Å². The Morgan fingerprint density at radius 3 is 2.68 bits per heavy atom. The van der Waals surface area contributed by atoms with Gasteiger partial charge in [0.1, 0.15) is 10.7 Å². The fraction of sp³-hybridized carbons (Fsp3) is 0.143. The van der Waals surface area contributed by atoms with Crippen molar-refractivity contribution in [2.75, 3.05) is 5.43 Å². The maximum Gasteiger partial charge on any atom is 0.152 e. The number of aromatic nitrogens is 2. The molecule has 0 radical (unpaired) electrons. The molecule has 0 aliphatic rings. The molecule has 0 amide bonds. The monoisotopic (exact) mass is 270 g/mol. The van der Waals surface area contributed by atoms with Crippen molar-refractivity contribution in [1.29, 1.82) is 0 Å². The lowest BCUT2D eigenvalue weighted by atomic mass is 10.1. The molecule has 2 aromatic heterocycles. The molecule has 0 saturated carbocycles. The Kier molecular flexibility index (Phi) is 3.39. The van der Waals surface area contributed by atoms with Gasteiger partial charge in [-0.15, -0.1) is 11.3 Å². The van der Waals surface area contributed by atoms with E-state index in [-0.39, 0.29) is 0 Å². The first-order valence-electron chi connectivity index (χ1n) is 6.11. The first-order valence-corrected chi connectivity index (χ1v) is 6.99. The molecule has 0 aliphatic carbocycles. The molecule has 0 spiro atoms. The summed E-state index contributed by atoms with van der Waals surface area (Å²) in [5.41, 5.74) is 3.94. The van der Waals surface area contributed by atoms with E-state index < -0.39 is 0 Å². The molecule has 5 heteroatoms. The minimum Gasteiger partial charge on any atom is -0.308 e. The van der Waals surface area contributed by atoms with Crippen molar-refractivity contribution in [3.63, 3.8) is 0 Å². The Morgan fingerprint density at radius 2 is 1.89 bits per heavy atom. The van der Waals surface area contributed by atoms with E-state index in [1.165, 1.54) is 5.56 Å². The van der Waals surface area contributed by atoms with Crippen LogP contribution in [-0.2, 0) is 12.8 Å². The normalized spacial score (nSPS) is 10.8. The molecule has 0 saturated heterocycles. The zero-order valence-electron chi connectivity index (χ0n) is 10.3. The van der Waals surface area contributed by atoms with Crippen molar-refractivity contribution in [3.8, 4) is 0 Å². The van der Waals surface area contributed by atoms with Crippen molar-refractivity contribution in [3.05, 3.63) is 53.2 Å². The molecule has 2 heterocycles. The summed E-state index contributed by atoms with van der Waals surface area (Å²) in [6, 6.07) is 12.3. The molecular weight excluding hydrogens is 256 g/mol. The Bertz CT molecular complexity index is 678. The van der Waals surface area contributed by atoms with Crippen molar-refractivity contribution in [2.24, 2.45) is 5.84 Å². The highest BCUT2D eigenvalue weighted by Crippen LogP contribution is 2.24. The standard InChI is InChI=1S/C14H14N4S/c15-18-13-11-8-9-19-14(11)17-12(16-13)7-6-10-4-2-1-3-5-10/h1-5,8-9H,6-7,15H2,(H,16,17,18). The van der Waals surface area contributed by atoms with Gasteiger partial charge < -0.3 is 5.43 Å². The molecule has 1 aromatic carbocycles. The lowest BCUT2D eigenvalue weighted by Gasteiger charge is -2.05. The second-order valence-corrected chi connectivity index (χ2v) is 5.15. The van der Waals surface area contributed by atoms with Gasteiger partial charge in [-0.1, -0.05) is 30.3 Å². The zero-order valence-corrected chi connectivity index (χ0v) is 11.2. The van der Waals surface area contributed by atoms with Gasteiger partial charge in [0.2, 0.25) is 0 Å². The largest absolute Gasteiger partial charge is 0.308 e. The van der Waals surface area contributed by atoms with Gasteiger partial charge in [0.15, 0.2) is 5.82 Å². The molecule has 3 aromatic rings. The topological polar surface area (TPSA) is 63.8 Å². The van der Waals surface area contributed by atoms with Gasteiger partial charge in [-0.05, 0) is 23.4 Å². The summed E-state index contributed by atoms with van der Waals surface area (Å²) in [6.07, 6.45) is 1.74. The molecule has 0 aliphatic heterocycles. The summed E-state index contributed by atoms with van der Waals surface area (Å²) in [7, 11) is 0. The van der Waals surface area contributed by atoms with Crippen molar-refractivity contribution in [1.82, 2.24) is 9.97 Å². The number of nitrogens with zero attached hydrogens (tertiary/aromatic N) is 2. The van der Waals surface area contributed by atoms with Crippen LogP contribution in [-0.4, -0.2) is 9.97 Å². The molecular formula is C14H14N4S. The van der Waals surface area contributed by atoms with Crippen molar-refractivity contribution in [2.45, 2.75) is 12.8 Å². The van der Waals surface area contributed by atoms with E-state index >= 15 is 0 Å². The molecule has 0 bridgehead atoms. The van der Waals surface area contributed by atoms with E-state index in [4.69, 9.17) is 5.84 Å². The van der Waals surface area contributed by atoms with Gasteiger partial charge in [-0.3, -0.25) is 0 Å². The molecule has 3 N–H and O–H groups in total. The third-order valence-electron chi connectivity index (χ3n) is 2.99. The van der Waals surface area contributed by atoms with Gasteiger partial charge in [-0.2, -0.15) is 0 Å². The third-order valence-corrected chi connectivity index (χ3v) is 3.79. The number of fused-ring (bicyclic) bond motifs is 1. The molecule has 19 heavy (non-hydrogen) atoms. The van der Waals surface area contributed by atoms with Crippen LogP contribution >= 0.6 is 11.3 Å². The number of benzene rings is 1. The Hall–Kier alpha value is -1.98. The van der Waals surface area contributed by atoms with Gasteiger partial charge in [-0.25, -0.2) is 15.8 Å². The number of nitrogen functional groups attached to an aromatic ring is 1. The highest BCUT2D eigenvalue weighted by Gasteiger charge is 2.07. The summed E-state index contributed by atoms with van der Waals surface area (Å²) in [4.78, 5) is 10.0. The van der Waals surface area contributed by atoms with Crippen LogP contribution in [0.15, 0.2) is 41.8 Å². The van der Waals surface area contributed by atoms with Gasteiger partial charge >= 0.3 is 0 Å². The predicted octanol–water partition coefficient (Wildman–Crippen LogP) is 2.76. The number of anilines is 1. The maximum atomic E-state index is 5.52. The van der Waals surface area contributed by atoms with Gasteiger partial charge in [0, 0.05) is 6.42 Å². The number of hydrazine groups is 1. The van der Waals surface area contributed by atoms with E-state index in [1.54, 1.807) is 11.3 Å². The smallest absolute Gasteiger partial charge is 0.152 e. The van der Waals surface area contributed by atoms with Crippen molar-refractivity contribution < 1.29 is 0 Å². The average Bonchev–Trinajstić information content (AvgIpc) is 2.93. The van der Waals surface area contributed by atoms with E-state index in [0.717, 1.165) is 28.9 Å². The molecule has 0 fully saturated rings. The van der Waals surface area contributed by atoms with E-state index in [2.05, 4.69) is 27.5 Å². The maximum absolute atomic E-state index is 5.52. The van der Waals surface area contributed by atoms with Crippen molar-refractivity contribution >= 4 is 27.4 Å². The molecule has 4 nitrogen and oxygen atoms in total. The summed E-state index contributed by atoms with van der Waals surface area (Å²) < 4.78 is 0. The number of nitrogens with one attached hydrogen (secondary N) is 1. The molecule has 0 atom stereocenters. The molecule has 0 unspecified atom stereocenters. The summed E-state index contributed by atoms with van der Waals surface area (Å²) in [6.45, 7) is 0. The zero-order chi connectivity index (χ0) is 13.1. The lowest BCUT2D eigenvalue weighted by molar-refractivity contribution is 0.871. The average molecular weight is 270 g/mol. The number of nitrogens with two attached hydrogens (primary N) is 1. The van der Waals surface area contributed by atoms with Gasteiger partial charge in [0.05, 0.1) is 5.39 Å². The second-order valence-electron chi connectivity index (χ2n) is 4.26. The first-order chi connectivity index (χ1) is 9.36. The Morgan fingerprint density at radius 1 is 1.05 bits per heavy atom. The first kappa shape index (κ1) is 12.1. The lowest BCUT2D eigenvalue weighted by Crippen LogP contribution is -2.11. The van der Waals surface area contributed by atoms with Crippen LogP contribution in [0.25, 0.3) is 10.2 Å². The van der Waals surface area contributed by atoms with Gasteiger partial charge in [0.25, 0.3) is 0 Å². The minimum atomic E-state index is 0.703. The van der Waals surface area contributed by atoms with E-state index in [9.17, 15) is 0 Å². The van der Waals surface area contributed by atoms with Crippen LogP contribution in [0.5, 0.6) is 0 Å². The number of rotatable bonds is 4. The third kappa shape index (κ3) is 2.57. The summed E-state index contributed by atoms with van der Waals surface area (Å²) in [5.74, 6) is 7.04. The second kappa shape index (κ2) is 5.34. The fourth-order valence-corrected chi connectivity index (χ4v) is 2.81. The fourth-order valence-electron chi connectivity index (χ4n) is 2.02. The molecule has 3 rings (SSSR count). The van der Waals surface area contributed by atoms with Crippen LogP contribution in [0.3, 0.4) is 0 Å². The Balaban J connectivity index is 1.85. The summed E-state index contributed by atoms with van der Waals surface area (Å²) >= 11 is 1.61. The van der Waals surface area contributed by atoms with Crippen LogP contribution in [0, 0.1) is 0 Å². The van der Waals surface area contributed by atoms with Crippen LogP contribution in [0.1, 0.15) is 11.4 Å². The van der Waals surface area contributed by atoms with Crippen LogP contribution in [0.2, 0.25) is 0 Å². The highest BCUT2D eigenvalue weighted by atomic mass is 32.1. The number of thiophene rings is 1. The van der Waals surface area contributed by atoms with E-state index in [1.807, 2.05) is 29.6 Å². The molecule has 96 valence electrons. The quantitative estimate of drug-likeness (QED) is 0.565. The van der Waals surface area contributed by atoms with Crippen LogP contribution in [0.4, 0.5) is 5.82 Å². The summed E-state index contributed by atoms with van der Waals surface area (Å²) in [5, 5.41) is 2.98. The number of aryl methyl sites for hydroxylation is 2. The Labute approximate surface area is 115 Å². The highest BCUT2D eigenvalue weighted by molar-refractivity contribution is 7.16.